The number of carbonyl (C=O) groups excluding carboxylic acids is 1. The van der Waals surface area contributed by atoms with Gasteiger partial charge in [-0.05, 0) is 19.3 Å². The van der Waals surface area contributed by atoms with Gasteiger partial charge in [0.25, 0.3) is 5.91 Å². The highest BCUT2D eigenvalue weighted by Gasteiger charge is 2.22. The van der Waals surface area contributed by atoms with Gasteiger partial charge in [-0.25, -0.2) is 4.79 Å². The van der Waals surface area contributed by atoms with Crippen molar-refractivity contribution >= 4 is 11.9 Å². The van der Waals surface area contributed by atoms with E-state index in [1.165, 1.54) is 0 Å². The lowest BCUT2D eigenvalue weighted by molar-refractivity contribution is -0.141. The lowest BCUT2D eigenvalue weighted by Crippen LogP contribution is -2.42. The minimum absolute atomic E-state index is 0.0966. The molecule has 7 heteroatoms. The van der Waals surface area contributed by atoms with E-state index in [9.17, 15) is 9.59 Å². The molecule has 0 spiro atoms. The van der Waals surface area contributed by atoms with Crippen molar-refractivity contribution in [2.24, 2.45) is 5.92 Å². The maximum Gasteiger partial charge on any atom is 0.326 e. The number of carboxylic acid groups (broad SMARTS) is 1. The van der Waals surface area contributed by atoms with Crippen LogP contribution in [0.25, 0.3) is 0 Å². The molecule has 0 aromatic carbocycles. The predicted octanol–water partition coefficient (Wildman–Crippen LogP) is -0.0202. The van der Waals surface area contributed by atoms with Crippen LogP contribution >= 0.6 is 0 Å². The van der Waals surface area contributed by atoms with Crippen LogP contribution in [0.4, 0.5) is 0 Å². The maximum atomic E-state index is 11.8. The summed E-state index contributed by atoms with van der Waals surface area (Å²) in [5.41, 5.74) is -0.236. The number of aliphatic carboxylic acids is 1. The molecule has 7 nitrogen and oxygen atoms in total. The highest BCUT2D eigenvalue weighted by atomic mass is 16.4. The smallest absolute Gasteiger partial charge is 0.326 e. The Morgan fingerprint density at radius 2 is 1.95 bits per heavy atom. The number of nitrogens with one attached hydrogen (secondary N) is 2. The Morgan fingerprint density at radius 1 is 1.35 bits per heavy atom. The number of hydrogen-bond donors (Lipinski definition) is 4. The molecule has 1 amide bonds. The number of amides is 1. The molecule has 0 aliphatic carbocycles. The van der Waals surface area contributed by atoms with Crippen LogP contribution in [0.1, 0.15) is 27.2 Å². The van der Waals surface area contributed by atoms with Gasteiger partial charge >= 0.3 is 5.97 Å². The highest BCUT2D eigenvalue weighted by Crippen LogP contribution is 2.06. The first-order chi connectivity index (χ1) is 9.27. The predicted molar refractivity (Wildman–Crippen MR) is 72.4 cm³/mol. The van der Waals surface area contributed by atoms with E-state index < -0.39 is 24.0 Å². The molecule has 2 unspecified atom stereocenters. The molecule has 0 radical (unpaired) electrons. The molecule has 0 saturated heterocycles. The molecule has 0 fully saturated rings. The Bertz CT molecular complexity index is 410. The lowest BCUT2D eigenvalue weighted by atomic mass is 10.0. The third-order valence-electron chi connectivity index (χ3n) is 2.34. The molecule has 0 aliphatic rings. The molecule has 2 atom stereocenters. The Hall–Kier alpha value is -2.07. The molecule has 0 aliphatic heterocycles. The first-order valence-corrected chi connectivity index (χ1v) is 6.33. The molecule has 0 rings (SSSR count). The first-order valence-electron chi connectivity index (χ1n) is 6.33. The van der Waals surface area contributed by atoms with E-state index in [0.29, 0.717) is 0 Å². The lowest BCUT2D eigenvalue weighted by Gasteiger charge is -2.16. The van der Waals surface area contributed by atoms with Crippen molar-refractivity contribution in [1.82, 2.24) is 10.6 Å². The number of nitriles is 1. The Morgan fingerprint density at radius 3 is 2.35 bits per heavy atom. The van der Waals surface area contributed by atoms with Crippen molar-refractivity contribution in [3.8, 4) is 6.07 Å². The second kappa shape index (κ2) is 8.93. The van der Waals surface area contributed by atoms with Gasteiger partial charge in [0.1, 0.15) is 17.7 Å². The number of nitrogens with zero attached hydrogens (tertiary/aromatic N) is 1. The van der Waals surface area contributed by atoms with E-state index >= 15 is 0 Å². The highest BCUT2D eigenvalue weighted by molar-refractivity contribution is 5.99. The summed E-state index contributed by atoms with van der Waals surface area (Å²) >= 11 is 0. The van der Waals surface area contributed by atoms with E-state index in [1.54, 1.807) is 13.0 Å². The van der Waals surface area contributed by atoms with Crippen LogP contribution in [0.5, 0.6) is 0 Å². The molecule has 112 valence electrons. The third kappa shape index (κ3) is 7.38. The standard InChI is InChI=1S/C13H21N3O4/c1-8(2)4-11(13(19)20)16-12(18)10(5-14)7-15-6-9(3)17/h7-9,11,15,17H,4,6H2,1-3H3,(H,16,18)(H,19,20)/b10-7-. The van der Waals surface area contributed by atoms with Crippen LogP contribution in [0.2, 0.25) is 0 Å². The van der Waals surface area contributed by atoms with Crippen LogP contribution in [0.15, 0.2) is 11.8 Å². The SMILES string of the molecule is CC(C)CC(NC(=O)/C(C#N)=C\NCC(C)O)C(=O)O. The zero-order chi connectivity index (χ0) is 15.7. The van der Waals surface area contributed by atoms with Crippen molar-refractivity contribution in [2.45, 2.75) is 39.3 Å². The molecule has 0 aromatic rings. The molecule has 0 saturated carbocycles. The molecule has 0 heterocycles. The largest absolute Gasteiger partial charge is 0.480 e. The summed E-state index contributed by atoms with van der Waals surface area (Å²) in [6.07, 6.45) is 0.819. The van der Waals surface area contributed by atoms with E-state index in [4.69, 9.17) is 15.5 Å². The second-order valence-corrected chi connectivity index (χ2v) is 4.92. The zero-order valence-electron chi connectivity index (χ0n) is 11.9. The Kier molecular flexibility index (Phi) is 8.01. The molecular formula is C13H21N3O4. The summed E-state index contributed by atoms with van der Waals surface area (Å²) in [6.45, 7) is 5.42. The van der Waals surface area contributed by atoms with Gasteiger partial charge < -0.3 is 20.8 Å². The van der Waals surface area contributed by atoms with E-state index in [2.05, 4.69) is 10.6 Å². The monoisotopic (exact) mass is 283 g/mol. The second-order valence-electron chi connectivity index (χ2n) is 4.92. The van der Waals surface area contributed by atoms with Crippen LogP contribution in [-0.4, -0.2) is 40.8 Å². The molecule has 0 aromatic heterocycles. The summed E-state index contributed by atoms with van der Waals surface area (Å²) in [7, 11) is 0. The first kappa shape index (κ1) is 17.9. The van der Waals surface area contributed by atoms with E-state index in [-0.39, 0.29) is 24.5 Å². The fourth-order valence-corrected chi connectivity index (χ4v) is 1.41. The fourth-order valence-electron chi connectivity index (χ4n) is 1.41. The minimum Gasteiger partial charge on any atom is -0.480 e. The third-order valence-corrected chi connectivity index (χ3v) is 2.34. The number of rotatable bonds is 8. The van der Waals surface area contributed by atoms with Gasteiger partial charge in [-0.3, -0.25) is 4.79 Å². The summed E-state index contributed by atoms with van der Waals surface area (Å²) in [4.78, 5) is 22.8. The van der Waals surface area contributed by atoms with Crippen molar-refractivity contribution in [2.75, 3.05) is 6.54 Å². The van der Waals surface area contributed by atoms with Crippen LogP contribution in [-0.2, 0) is 9.59 Å². The fraction of sp³-hybridized carbons (Fsp3) is 0.615. The van der Waals surface area contributed by atoms with Gasteiger partial charge in [0.15, 0.2) is 0 Å². The van der Waals surface area contributed by atoms with Gasteiger partial charge in [-0.1, -0.05) is 13.8 Å². The number of aliphatic hydroxyl groups excluding tert-OH is 1. The summed E-state index contributed by atoms with van der Waals surface area (Å²) in [6, 6.07) is 0.654. The molecular weight excluding hydrogens is 262 g/mol. The minimum atomic E-state index is -1.14. The van der Waals surface area contributed by atoms with Crippen LogP contribution in [0.3, 0.4) is 0 Å². The number of hydrogen-bond acceptors (Lipinski definition) is 5. The number of carboxylic acids is 1. The van der Waals surface area contributed by atoms with Crippen LogP contribution in [0, 0.1) is 17.2 Å². The average Bonchev–Trinajstić information content (AvgIpc) is 2.32. The average molecular weight is 283 g/mol. The van der Waals surface area contributed by atoms with Crippen molar-refractivity contribution < 1.29 is 19.8 Å². The normalized spacial score (nSPS) is 14.3. The summed E-state index contributed by atoms with van der Waals surface area (Å²) in [5, 5.41) is 31.8. The zero-order valence-corrected chi connectivity index (χ0v) is 11.9. The summed E-state index contributed by atoms with van der Waals surface area (Å²) < 4.78 is 0. The van der Waals surface area contributed by atoms with Crippen molar-refractivity contribution in [3.63, 3.8) is 0 Å². The van der Waals surface area contributed by atoms with E-state index in [0.717, 1.165) is 6.20 Å². The molecule has 0 bridgehead atoms. The summed E-state index contributed by atoms with van der Waals surface area (Å²) in [5.74, 6) is -1.79. The van der Waals surface area contributed by atoms with Crippen LogP contribution < -0.4 is 10.6 Å². The maximum absolute atomic E-state index is 11.8. The topological polar surface area (TPSA) is 122 Å². The van der Waals surface area contributed by atoms with Gasteiger partial charge in [0, 0.05) is 12.7 Å². The van der Waals surface area contributed by atoms with Gasteiger partial charge in [-0.15, -0.1) is 0 Å². The quantitative estimate of drug-likeness (QED) is 0.367. The molecule has 4 N–H and O–H groups in total. The van der Waals surface area contributed by atoms with Gasteiger partial charge in [0.05, 0.1) is 6.10 Å². The Balaban J connectivity index is 4.67. The van der Waals surface area contributed by atoms with Crippen molar-refractivity contribution in [3.05, 3.63) is 11.8 Å². The number of aliphatic hydroxyl groups is 1. The van der Waals surface area contributed by atoms with Gasteiger partial charge in [0.2, 0.25) is 0 Å². The van der Waals surface area contributed by atoms with Gasteiger partial charge in [-0.2, -0.15) is 5.26 Å². The molecule has 20 heavy (non-hydrogen) atoms. The Labute approximate surface area is 118 Å². The van der Waals surface area contributed by atoms with E-state index in [1.807, 2.05) is 13.8 Å². The van der Waals surface area contributed by atoms with Crippen molar-refractivity contribution in [1.29, 1.82) is 5.26 Å². The number of carbonyl (C=O) groups is 2.